The van der Waals surface area contributed by atoms with E-state index in [-0.39, 0.29) is 0 Å². The van der Waals surface area contributed by atoms with Crippen LogP contribution in [0.1, 0.15) is 18.4 Å². The number of aromatic nitrogens is 1. The molecular formula is C13H21N3S. The van der Waals surface area contributed by atoms with Gasteiger partial charge < -0.3 is 10.2 Å². The first-order valence-electron chi connectivity index (χ1n) is 6.18. The fourth-order valence-corrected chi connectivity index (χ4v) is 2.10. The Morgan fingerprint density at radius 1 is 1.47 bits per heavy atom. The Kier molecular flexibility index (Phi) is 4.68. The van der Waals surface area contributed by atoms with Crippen molar-refractivity contribution in [2.45, 2.75) is 25.4 Å². The lowest BCUT2D eigenvalue weighted by Crippen LogP contribution is -2.21. The largest absolute Gasteiger partial charge is 0.359 e. The minimum atomic E-state index is 0.763. The van der Waals surface area contributed by atoms with Crippen LogP contribution in [0.5, 0.6) is 0 Å². The topological polar surface area (TPSA) is 28.2 Å². The molecule has 1 heterocycles. The van der Waals surface area contributed by atoms with Crippen molar-refractivity contribution in [1.82, 2.24) is 10.3 Å². The summed E-state index contributed by atoms with van der Waals surface area (Å²) in [5.74, 6) is 2.21. The highest BCUT2D eigenvalue weighted by Crippen LogP contribution is 2.19. The summed E-state index contributed by atoms with van der Waals surface area (Å²) in [6, 6.07) is 5.05. The number of anilines is 1. The van der Waals surface area contributed by atoms with Crippen LogP contribution in [0.15, 0.2) is 18.3 Å². The summed E-state index contributed by atoms with van der Waals surface area (Å²) in [5.41, 5.74) is 1.28. The van der Waals surface area contributed by atoms with Gasteiger partial charge in [0.05, 0.1) is 0 Å². The number of nitrogens with zero attached hydrogens (tertiary/aromatic N) is 2. The van der Waals surface area contributed by atoms with Gasteiger partial charge in [0.2, 0.25) is 0 Å². The zero-order chi connectivity index (χ0) is 12.1. The van der Waals surface area contributed by atoms with Gasteiger partial charge in [0.25, 0.3) is 0 Å². The average Bonchev–Trinajstić information content (AvgIpc) is 3.18. The van der Waals surface area contributed by atoms with Gasteiger partial charge >= 0.3 is 0 Å². The van der Waals surface area contributed by atoms with Crippen molar-refractivity contribution >= 4 is 17.6 Å². The van der Waals surface area contributed by atoms with Gasteiger partial charge in [-0.2, -0.15) is 11.8 Å². The van der Waals surface area contributed by atoms with E-state index in [1.54, 1.807) is 0 Å². The number of hydrogen-bond donors (Lipinski definition) is 1. The van der Waals surface area contributed by atoms with Crippen molar-refractivity contribution in [1.29, 1.82) is 0 Å². The summed E-state index contributed by atoms with van der Waals surface area (Å²) in [6.45, 7) is 2.00. The summed E-state index contributed by atoms with van der Waals surface area (Å²) in [4.78, 5) is 6.71. The van der Waals surface area contributed by atoms with E-state index in [9.17, 15) is 0 Å². The second-order valence-electron chi connectivity index (χ2n) is 4.59. The van der Waals surface area contributed by atoms with Crippen molar-refractivity contribution in [2.75, 3.05) is 30.5 Å². The van der Waals surface area contributed by atoms with E-state index < -0.39 is 0 Å². The molecule has 1 aliphatic rings. The molecule has 2 rings (SSSR count). The monoisotopic (exact) mass is 251 g/mol. The molecule has 0 radical (unpaired) electrons. The third-order valence-corrected chi connectivity index (χ3v) is 3.59. The number of rotatable bonds is 7. The van der Waals surface area contributed by atoms with Gasteiger partial charge in [-0.25, -0.2) is 4.98 Å². The van der Waals surface area contributed by atoms with Gasteiger partial charge in [-0.1, -0.05) is 6.07 Å². The molecule has 1 aliphatic carbocycles. The molecule has 0 aromatic carbocycles. The van der Waals surface area contributed by atoms with E-state index in [0.717, 1.165) is 30.7 Å². The molecule has 17 heavy (non-hydrogen) atoms. The first kappa shape index (κ1) is 12.7. The van der Waals surface area contributed by atoms with Crippen LogP contribution in [-0.4, -0.2) is 36.6 Å². The molecule has 3 nitrogen and oxygen atoms in total. The van der Waals surface area contributed by atoms with Crippen molar-refractivity contribution < 1.29 is 0 Å². The zero-order valence-corrected chi connectivity index (χ0v) is 11.5. The lowest BCUT2D eigenvalue weighted by Gasteiger charge is -2.17. The Labute approximate surface area is 108 Å². The maximum atomic E-state index is 4.51. The number of thioether (sulfide) groups is 1. The maximum absolute atomic E-state index is 4.51. The van der Waals surface area contributed by atoms with E-state index in [1.165, 1.54) is 18.4 Å². The van der Waals surface area contributed by atoms with Gasteiger partial charge in [-0.05, 0) is 30.7 Å². The standard InChI is InChI=1S/C13H21N3S/c1-16(7-8-17-2)13-6-3-11(10-15-13)9-14-12-4-5-12/h3,6,10,12,14H,4-5,7-9H2,1-2H3. The van der Waals surface area contributed by atoms with Crippen LogP contribution < -0.4 is 10.2 Å². The molecule has 0 unspecified atom stereocenters. The van der Waals surface area contributed by atoms with Crippen LogP contribution in [0, 0.1) is 0 Å². The Balaban J connectivity index is 1.82. The second kappa shape index (κ2) is 6.26. The normalized spacial score (nSPS) is 14.9. The van der Waals surface area contributed by atoms with Crippen LogP contribution >= 0.6 is 11.8 Å². The molecule has 4 heteroatoms. The van der Waals surface area contributed by atoms with Crippen molar-refractivity contribution in [3.63, 3.8) is 0 Å². The molecule has 1 saturated carbocycles. The Hall–Kier alpha value is -0.740. The summed E-state index contributed by atoms with van der Waals surface area (Å²) in [7, 11) is 2.10. The summed E-state index contributed by atoms with van der Waals surface area (Å²) >= 11 is 1.87. The van der Waals surface area contributed by atoms with Crippen LogP contribution in [0.2, 0.25) is 0 Å². The van der Waals surface area contributed by atoms with Crippen LogP contribution in [0.3, 0.4) is 0 Å². The Bertz CT molecular complexity index is 335. The molecule has 0 aliphatic heterocycles. The average molecular weight is 251 g/mol. The molecule has 0 amide bonds. The highest BCUT2D eigenvalue weighted by Gasteiger charge is 2.19. The number of hydrogen-bond acceptors (Lipinski definition) is 4. The molecule has 1 fully saturated rings. The van der Waals surface area contributed by atoms with Gasteiger partial charge in [0.1, 0.15) is 5.82 Å². The molecule has 94 valence electrons. The van der Waals surface area contributed by atoms with Gasteiger partial charge in [-0.15, -0.1) is 0 Å². The minimum Gasteiger partial charge on any atom is -0.359 e. The number of nitrogens with one attached hydrogen (secondary N) is 1. The van der Waals surface area contributed by atoms with E-state index in [2.05, 4.69) is 40.6 Å². The van der Waals surface area contributed by atoms with Crippen molar-refractivity contribution in [3.05, 3.63) is 23.9 Å². The molecule has 1 aromatic rings. The first-order chi connectivity index (χ1) is 8.29. The third-order valence-electron chi connectivity index (χ3n) is 3.00. The molecule has 0 atom stereocenters. The van der Waals surface area contributed by atoms with Gasteiger partial charge in [-0.3, -0.25) is 0 Å². The van der Waals surface area contributed by atoms with Crippen LogP contribution in [0.25, 0.3) is 0 Å². The van der Waals surface area contributed by atoms with Gasteiger partial charge in [0, 0.05) is 38.1 Å². The lowest BCUT2D eigenvalue weighted by atomic mass is 10.2. The first-order valence-corrected chi connectivity index (χ1v) is 7.57. The SMILES string of the molecule is CSCCN(C)c1ccc(CNC2CC2)cn1. The quantitative estimate of drug-likeness (QED) is 0.803. The fourth-order valence-electron chi connectivity index (χ4n) is 1.64. The Morgan fingerprint density at radius 3 is 2.88 bits per heavy atom. The third kappa shape index (κ3) is 4.21. The zero-order valence-electron chi connectivity index (χ0n) is 10.6. The summed E-state index contributed by atoms with van der Waals surface area (Å²) in [6.07, 6.45) is 6.79. The summed E-state index contributed by atoms with van der Waals surface area (Å²) in [5, 5.41) is 3.50. The molecular weight excluding hydrogens is 230 g/mol. The summed E-state index contributed by atoms with van der Waals surface area (Å²) < 4.78 is 0. The van der Waals surface area contributed by atoms with Crippen molar-refractivity contribution in [3.8, 4) is 0 Å². The molecule has 0 saturated heterocycles. The second-order valence-corrected chi connectivity index (χ2v) is 5.58. The Morgan fingerprint density at radius 2 is 2.29 bits per heavy atom. The predicted octanol–water partition coefficient (Wildman–Crippen LogP) is 2.13. The maximum Gasteiger partial charge on any atom is 0.128 e. The van der Waals surface area contributed by atoms with E-state index in [1.807, 2.05) is 18.0 Å². The smallest absolute Gasteiger partial charge is 0.128 e. The predicted molar refractivity (Wildman–Crippen MR) is 75.8 cm³/mol. The molecule has 1 N–H and O–H groups in total. The highest BCUT2D eigenvalue weighted by molar-refractivity contribution is 7.98. The van der Waals surface area contributed by atoms with E-state index in [0.29, 0.717) is 0 Å². The van der Waals surface area contributed by atoms with E-state index in [4.69, 9.17) is 0 Å². The lowest BCUT2D eigenvalue weighted by molar-refractivity contribution is 0.686. The number of pyridine rings is 1. The van der Waals surface area contributed by atoms with Crippen LogP contribution in [0.4, 0.5) is 5.82 Å². The molecule has 1 aromatic heterocycles. The van der Waals surface area contributed by atoms with Crippen molar-refractivity contribution in [2.24, 2.45) is 0 Å². The van der Waals surface area contributed by atoms with Crippen LogP contribution in [-0.2, 0) is 6.54 Å². The van der Waals surface area contributed by atoms with E-state index >= 15 is 0 Å². The van der Waals surface area contributed by atoms with Gasteiger partial charge in [0.15, 0.2) is 0 Å². The highest BCUT2D eigenvalue weighted by atomic mass is 32.2. The minimum absolute atomic E-state index is 0.763. The molecule has 0 spiro atoms. The fraction of sp³-hybridized carbons (Fsp3) is 0.615. The molecule has 0 bridgehead atoms.